The lowest BCUT2D eigenvalue weighted by atomic mass is 10.2. The van der Waals surface area contributed by atoms with Gasteiger partial charge in [-0.3, -0.25) is 0 Å². The molecule has 1 N–H and O–H groups in total. The van der Waals surface area contributed by atoms with Crippen molar-refractivity contribution in [1.29, 1.82) is 0 Å². The Hall–Kier alpha value is -0.650. The number of piperazine rings is 1. The lowest BCUT2D eigenvalue weighted by Crippen LogP contribution is -2.50. The van der Waals surface area contributed by atoms with Crippen molar-refractivity contribution < 1.29 is 0 Å². The molecule has 0 bridgehead atoms. The number of likely N-dealkylation sites (N-methyl/N-ethyl adjacent to an activating group) is 1. The lowest BCUT2D eigenvalue weighted by molar-refractivity contribution is 0.234. The van der Waals surface area contributed by atoms with Gasteiger partial charge in [-0.25, -0.2) is 4.98 Å². The molecule has 4 nitrogen and oxygen atoms in total. The fourth-order valence-electron chi connectivity index (χ4n) is 2.67. The minimum Gasteiger partial charge on any atom is -0.345 e. The smallest absolute Gasteiger partial charge is 0.185 e. The topological polar surface area (TPSA) is 31.4 Å². The Morgan fingerprint density at radius 3 is 2.79 bits per heavy atom. The van der Waals surface area contributed by atoms with Gasteiger partial charge in [0.2, 0.25) is 0 Å². The van der Waals surface area contributed by atoms with Crippen molar-refractivity contribution in [3.05, 3.63) is 10.6 Å². The van der Waals surface area contributed by atoms with Crippen LogP contribution in [0.25, 0.3) is 0 Å². The summed E-state index contributed by atoms with van der Waals surface area (Å²) in [7, 11) is 4.24. The lowest BCUT2D eigenvalue weighted by Gasteiger charge is -2.37. The van der Waals surface area contributed by atoms with E-state index in [0.29, 0.717) is 6.04 Å². The maximum absolute atomic E-state index is 4.96. The zero-order valence-corrected chi connectivity index (χ0v) is 13.0. The molecule has 106 valence electrons. The number of hydrogen-bond donors (Lipinski definition) is 1. The predicted molar refractivity (Wildman–Crippen MR) is 81.2 cm³/mol. The average molecular weight is 280 g/mol. The Morgan fingerprint density at radius 1 is 1.37 bits per heavy atom. The van der Waals surface area contributed by atoms with Crippen molar-refractivity contribution in [2.75, 3.05) is 38.6 Å². The second-order valence-electron chi connectivity index (χ2n) is 5.89. The van der Waals surface area contributed by atoms with Gasteiger partial charge in [-0.15, -0.1) is 11.3 Å². The van der Waals surface area contributed by atoms with Crippen LogP contribution in [0.1, 0.15) is 36.3 Å². The summed E-state index contributed by atoms with van der Waals surface area (Å²) in [5.74, 6) is 0.748. The number of nitrogens with zero attached hydrogens (tertiary/aromatic N) is 3. The first-order chi connectivity index (χ1) is 9.19. The van der Waals surface area contributed by atoms with Crippen LogP contribution in [0, 0.1) is 0 Å². The van der Waals surface area contributed by atoms with Gasteiger partial charge in [0.05, 0.1) is 5.69 Å². The SMILES string of the molecule is CNCc1sc(N2CCN(C)C(C)C2)nc1C1CC1. The van der Waals surface area contributed by atoms with Crippen molar-refractivity contribution in [1.82, 2.24) is 15.2 Å². The highest BCUT2D eigenvalue weighted by Crippen LogP contribution is 2.44. The summed E-state index contributed by atoms with van der Waals surface area (Å²) >= 11 is 1.90. The van der Waals surface area contributed by atoms with E-state index in [1.807, 2.05) is 18.4 Å². The van der Waals surface area contributed by atoms with E-state index in [9.17, 15) is 0 Å². The Kier molecular flexibility index (Phi) is 3.78. The molecule has 1 saturated carbocycles. The second-order valence-corrected chi connectivity index (χ2v) is 6.95. The normalized spacial score (nSPS) is 25.0. The van der Waals surface area contributed by atoms with Gasteiger partial charge in [0.15, 0.2) is 5.13 Å². The van der Waals surface area contributed by atoms with Crippen LogP contribution in [-0.2, 0) is 6.54 Å². The Bertz CT molecular complexity index is 441. The second kappa shape index (κ2) is 5.38. The number of aromatic nitrogens is 1. The van der Waals surface area contributed by atoms with Crippen LogP contribution < -0.4 is 10.2 Å². The molecule has 19 heavy (non-hydrogen) atoms. The first-order valence-electron chi connectivity index (χ1n) is 7.28. The fourth-order valence-corrected chi connectivity index (χ4v) is 3.86. The van der Waals surface area contributed by atoms with Gasteiger partial charge >= 0.3 is 0 Å². The summed E-state index contributed by atoms with van der Waals surface area (Å²) in [6.07, 6.45) is 2.66. The summed E-state index contributed by atoms with van der Waals surface area (Å²) in [6, 6.07) is 0.620. The van der Waals surface area contributed by atoms with Crippen LogP contribution in [0.5, 0.6) is 0 Å². The van der Waals surface area contributed by atoms with E-state index < -0.39 is 0 Å². The zero-order valence-electron chi connectivity index (χ0n) is 12.1. The summed E-state index contributed by atoms with van der Waals surface area (Å²) in [5, 5.41) is 4.53. The van der Waals surface area contributed by atoms with Crippen LogP contribution in [0.4, 0.5) is 5.13 Å². The molecule has 1 aliphatic heterocycles. The van der Waals surface area contributed by atoms with Crippen LogP contribution in [0.15, 0.2) is 0 Å². The maximum Gasteiger partial charge on any atom is 0.185 e. The highest BCUT2D eigenvalue weighted by molar-refractivity contribution is 7.15. The summed E-state index contributed by atoms with van der Waals surface area (Å²) in [5.41, 5.74) is 1.38. The van der Waals surface area contributed by atoms with Crippen LogP contribution in [-0.4, -0.2) is 49.7 Å². The van der Waals surface area contributed by atoms with E-state index >= 15 is 0 Å². The number of thiazole rings is 1. The van der Waals surface area contributed by atoms with E-state index in [1.54, 1.807) is 0 Å². The molecule has 2 fully saturated rings. The van der Waals surface area contributed by atoms with Crippen molar-refractivity contribution >= 4 is 16.5 Å². The van der Waals surface area contributed by atoms with E-state index in [2.05, 4.69) is 29.1 Å². The van der Waals surface area contributed by atoms with E-state index in [0.717, 1.165) is 32.1 Å². The van der Waals surface area contributed by atoms with Crippen LogP contribution in [0.3, 0.4) is 0 Å². The summed E-state index contributed by atoms with van der Waals surface area (Å²) < 4.78 is 0. The standard InChI is InChI=1S/C14H24N4S/c1-10-9-18(7-6-17(10)3)14-16-13(11-4-5-11)12(19-14)8-15-2/h10-11,15H,4-9H2,1-3H3. The number of rotatable bonds is 4. The highest BCUT2D eigenvalue weighted by Gasteiger charge is 2.31. The van der Waals surface area contributed by atoms with Crippen LogP contribution in [0.2, 0.25) is 0 Å². The quantitative estimate of drug-likeness (QED) is 0.912. The third-order valence-electron chi connectivity index (χ3n) is 4.25. The molecule has 0 aromatic carbocycles. The van der Waals surface area contributed by atoms with Crippen molar-refractivity contribution in [2.24, 2.45) is 0 Å². The van der Waals surface area contributed by atoms with Crippen molar-refractivity contribution in [3.8, 4) is 0 Å². The van der Waals surface area contributed by atoms with E-state index in [-0.39, 0.29) is 0 Å². The first kappa shape index (κ1) is 13.3. The monoisotopic (exact) mass is 280 g/mol. The molecule has 0 spiro atoms. The molecule has 2 aliphatic rings. The molecule has 1 unspecified atom stereocenters. The van der Waals surface area contributed by atoms with E-state index in [1.165, 1.54) is 28.5 Å². The summed E-state index contributed by atoms with van der Waals surface area (Å²) in [6.45, 7) is 6.62. The van der Waals surface area contributed by atoms with E-state index in [4.69, 9.17) is 4.98 Å². The molecule has 5 heteroatoms. The Morgan fingerprint density at radius 2 is 2.16 bits per heavy atom. The maximum atomic E-state index is 4.96. The molecule has 1 saturated heterocycles. The number of hydrogen-bond acceptors (Lipinski definition) is 5. The van der Waals surface area contributed by atoms with Gasteiger partial charge in [-0.05, 0) is 33.9 Å². The zero-order chi connectivity index (χ0) is 13.4. The highest BCUT2D eigenvalue weighted by atomic mass is 32.1. The molecule has 2 heterocycles. The van der Waals surface area contributed by atoms with Gasteiger partial charge < -0.3 is 15.1 Å². The minimum absolute atomic E-state index is 0.620. The molecule has 0 radical (unpaired) electrons. The number of nitrogens with one attached hydrogen (secondary N) is 1. The largest absolute Gasteiger partial charge is 0.345 e. The van der Waals surface area contributed by atoms with Crippen molar-refractivity contribution in [2.45, 2.75) is 38.3 Å². The Labute approximate surface area is 119 Å². The molecule has 1 atom stereocenters. The molecular weight excluding hydrogens is 256 g/mol. The average Bonchev–Trinajstić information content (AvgIpc) is 3.15. The first-order valence-corrected chi connectivity index (χ1v) is 8.10. The summed E-state index contributed by atoms with van der Waals surface area (Å²) in [4.78, 5) is 11.3. The minimum atomic E-state index is 0.620. The van der Waals surface area contributed by atoms with Gasteiger partial charge in [0.1, 0.15) is 0 Å². The predicted octanol–water partition coefficient (Wildman–Crippen LogP) is 1.88. The fraction of sp³-hybridized carbons (Fsp3) is 0.786. The molecule has 0 amide bonds. The number of anilines is 1. The molecule has 1 aliphatic carbocycles. The molecule has 1 aromatic heterocycles. The van der Waals surface area contributed by atoms with Gasteiger partial charge in [-0.1, -0.05) is 0 Å². The van der Waals surface area contributed by atoms with Crippen LogP contribution >= 0.6 is 11.3 Å². The third kappa shape index (κ3) is 2.78. The molecule has 1 aromatic rings. The van der Waals surface area contributed by atoms with Gasteiger partial charge in [0, 0.05) is 43.0 Å². The van der Waals surface area contributed by atoms with Crippen molar-refractivity contribution in [3.63, 3.8) is 0 Å². The molecule has 3 rings (SSSR count). The Balaban J connectivity index is 1.78. The van der Waals surface area contributed by atoms with Gasteiger partial charge in [-0.2, -0.15) is 0 Å². The molecular formula is C14H24N4S. The third-order valence-corrected chi connectivity index (χ3v) is 5.38. The van der Waals surface area contributed by atoms with Gasteiger partial charge in [0.25, 0.3) is 0 Å².